The number of furan rings is 2. The molecule has 0 saturated carbocycles. The summed E-state index contributed by atoms with van der Waals surface area (Å²) in [6.07, 6.45) is 5.23. The molecular formula is C19H22N4O4. The molecule has 3 aromatic rings. The van der Waals surface area contributed by atoms with Crippen molar-refractivity contribution in [2.24, 2.45) is 7.05 Å². The van der Waals surface area contributed by atoms with Gasteiger partial charge in [0.15, 0.2) is 5.76 Å². The number of nitrogens with one attached hydrogen (secondary N) is 1. The van der Waals surface area contributed by atoms with Gasteiger partial charge < -0.3 is 18.5 Å². The second-order valence-corrected chi connectivity index (χ2v) is 6.54. The summed E-state index contributed by atoms with van der Waals surface area (Å²) in [5, 5.41) is 7.32. The smallest absolute Gasteiger partial charge is 0.323 e. The zero-order chi connectivity index (χ0) is 18.6. The molecule has 0 spiro atoms. The molecule has 0 aromatic carbocycles. The molecule has 4 rings (SSSR count). The van der Waals surface area contributed by atoms with Crippen molar-refractivity contribution in [3.63, 3.8) is 0 Å². The van der Waals surface area contributed by atoms with Crippen LogP contribution >= 0.6 is 0 Å². The summed E-state index contributed by atoms with van der Waals surface area (Å²) in [6.45, 7) is 1.63. The molecule has 4 heterocycles. The van der Waals surface area contributed by atoms with Crippen LogP contribution in [0, 0.1) is 0 Å². The van der Waals surface area contributed by atoms with Gasteiger partial charge in [0, 0.05) is 26.3 Å². The minimum absolute atomic E-state index is 0.0518. The number of aromatic nitrogens is 2. The van der Waals surface area contributed by atoms with Crippen molar-refractivity contribution in [3.05, 3.63) is 48.6 Å². The Morgan fingerprint density at radius 1 is 1.33 bits per heavy atom. The van der Waals surface area contributed by atoms with Gasteiger partial charge in [0.2, 0.25) is 0 Å². The molecular weight excluding hydrogens is 348 g/mol. The second kappa shape index (κ2) is 7.71. The summed E-state index contributed by atoms with van der Waals surface area (Å²) in [6, 6.07) is 8.86. The van der Waals surface area contributed by atoms with Gasteiger partial charge in [-0.3, -0.25) is 10.00 Å². The number of rotatable bonds is 6. The minimum atomic E-state index is -0.226. The van der Waals surface area contributed by atoms with E-state index in [-0.39, 0.29) is 12.1 Å². The Kier molecular flexibility index (Phi) is 4.97. The first-order valence-corrected chi connectivity index (χ1v) is 8.97. The standard InChI is InChI=1S/C19H22N4O4/c1-22-18(11-16(21-22)17-7-4-10-27-17)20-19(24)23(12-14-5-2-8-25-14)13-15-6-3-9-26-15/h2,4-5,7-8,10-11,15H,3,6,9,12-13H2,1H3,(H,20,24)/t15-/m0/s1. The van der Waals surface area contributed by atoms with Gasteiger partial charge in [0.05, 0.1) is 25.2 Å². The van der Waals surface area contributed by atoms with Gasteiger partial charge in [-0.25, -0.2) is 4.79 Å². The molecule has 0 bridgehead atoms. The molecule has 27 heavy (non-hydrogen) atoms. The molecule has 1 N–H and O–H groups in total. The fraction of sp³-hybridized carbons (Fsp3) is 0.368. The zero-order valence-electron chi connectivity index (χ0n) is 15.1. The number of ether oxygens (including phenoxy) is 1. The van der Waals surface area contributed by atoms with Crippen molar-refractivity contribution in [2.75, 3.05) is 18.5 Å². The van der Waals surface area contributed by atoms with Crippen molar-refractivity contribution in [1.29, 1.82) is 0 Å². The molecule has 3 aromatic heterocycles. The van der Waals surface area contributed by atoms with Crippen LogP contribution in [0.25, 0.3) is 11.5 Å². The summed E-state index contributed by atoms with van der Waals surface area (Å²) in [4.78, 5) is 14.6. The molecule has 1 aliphatic rings. The first kappa shape index (κ1) is 17.4. The molecule has 1 saturated heterocycles. The number of hydrogen-bond donors (Lipinski definition) is 1. The average Bonchev–Trinajstić information content (AvgIpc) is 3.44. The number of carbonyl (C=O) groups excluding carboxylic acids is 1. The number of aryl methyl sites for hydroxylation is 1. The van der Waals surface area contributed by atoms with Crippen molar-refractivity contribution in [2.45, 2.75) is 25.5 Å². The summed E-state index contributed by atoms with van der Waals surface area (Å²) in [7, 11) is 1.78. The van der Waals surface area contributed by atoms with E-state index in [4.69, 9.17) is 13.6 Å². The maximum atomic E-state index is 12.9. The third kappa shape index (κ3) is 4.06. The van der Waals surface area contributed by atoms with Crippen LogP contribution in [0.3, 0.4) is 0 Å². The summed E-state index contributed by atoms with van der Waals surface area (Å²) >= 11 is 0. The van der Waals surface area contributed by atoms with E-state index in [9.17, 15) is 4.79 Å². The summed E-state index contributed by atoms with van der Waals surface area (Å²) < 4.78 is 18.1. The molecule has 2 amide bonds. The monoisotopic (exact) mass is 370 g/mol. The average molecular weight is 370 g/mol. The van der Waals surface area contributed by atoms with Crippen LogP contribution in [0.2, 0.25) is 0 Å². The second-order valence-electron chi connectivity index (χ2n) is 6.54. The van der Waals surface area contributed by atoms with Crippen LogP contribution in [0.5, 0.6) is 0 Å². The summed E-state index contributed by atoms with van der Waals surface area (Å²) in [5.74, 6) is 1.96. The zero-order valence-corrected chi connectivity index (χ0v) is 15.1. The van der Waals surface area contributed by atoms with E-state index in [0.717, 1.165) is 25.2 Å². The lowest BCUT2D eigenvalue weighted by molar-refractivity contribution is 0.0802. The number of carbonyl (C=O) groups is 1. The van der Waals surface area contributed by atoms with Gasteiger partial charge in [-0.05, 0) is 37.1 Å². The van der Waals surface area contributed by atoms with Crippen LogP contribution in [-0.2, 0) is 18.3 Å². The van der Waals surface area contributed by atoms with Crippen molar-refractivity contribution >= 4 is 11.8 Å². The lowest BCUT2D eigenvalue weighted by Gasteiger charge is -2.24. The topological polar surface area (TPSA) is 85.7 Å². The first-order chi connectivity index (χ1) is 13.2. The van der Waals surface area contributed by atoms with E-state index >= 15 is 0 Å². The Hall–Kier alpha value is -3.00. The van der Waals surface area contributed by atoms with E-state index in [1.54, 1.807) is 41.3 Å². The quantitative estimate of drug-likeness (QED) is 0.718. The lowest BCUT2D eigenvalue weighted by atomic mass is 10.2. The van der Waals surface area contributed by atoms with Gasteiger partial charge >= 0.3 is 6.03 Å². The number of anilines is 1. The predicted molar refractivity (Wildman–Crippen MR) is 98.0 cm³/mol. The molecule has 142 valence electrons. The molecule has 8 nitrogen and oxygen atoms in total. The number of hydrogen-bond acceptors (Lipinski definition) is 5. The van der Waals surface area contributed by atoms with E-state index in [2.05, 4.69) is 10.4 Å². The largest absolute Gasteiger partial charge is 0.467 e. The maximum absolute atomic E-state index is 12.9. The van der Waals surface area contributed by atoms with Crippen molar-refractivity contribution in [3.8, 4) is 11.5 Å². The van der Waals surface area contributed by atoms with Gasteiger partial charge in [0.1, 0.15) is 17.3 Å². The van der Waals surface area contributed by atoms with Crippen molar-refractivity contribution in [1.82, 2.24) is 14.7 Å². The Labute approximate surface area is 156 Å². The van der Waals surface area contributed by atoms with Gasteiger partial charge in [0.25, 0.3) is 0 Å². The minimum Gasteiger partial charge on any atom is -0.467 e. The van der Waals surface area contributed by atoms with Crippen LogP contribution in [0.4, 0.5) is 10.6 Å². The van der Waals surface area contributed by atoms with Crippen LogP contribution in [0.15, 0.2) is 51.7 Å². The third-order valence-electron chi connectivity index (χ3n) is 4.55. The van der Waals surface area contributed by atoms with Crippen LogP contribution < -0.4 is 5.32 Å². The molecule has 1 aliphatic heterocycles. The molecule has 1 atom stereocenters. The Bertz CT molecular complexity index is 864. The number of nitrogens with zero attached hydrogens (tertiary/aromatic N) is 3. The van der Waals surface area contributed by atoms with E-state index in [1.807, 2.05) is 18.2 Å². The Balaban J connectivity index is 1.48. The maximum Gasteiger partial charge on any atom is 0.323 e. The Morgan fingerprint density at radius 3 is 2.89 bits per heavy atom. The van der Waals surface area contributed by atoms with Gasteiger partial charge in [-0.2, -0.15) is 5.10 Å². The highest BCUT2D eigenvalue weighted by atomic mass is 16.5. The lowest BCUT2D eigenvalue weighted by Crippen LogP contribution is -2.39. The van der Waals surface area contributed by atoms with E-state index in [1.165, 1.54) is 0 Å². The molecule has 0 radical (unpaired) electrons. The molecule has 8 heteroatoms. The molecule has 1 fully saturated rings. The molecule has 0 unspecified atom stereocenters. The highest BCUT2D eigenvalue weighted by Gasteiger charge is 2.24. The van der Waals surface area contributed by atoms with Crippen LogP contribution in [-0.4, -0.2) is 40.0 Å². The predicted octanol–water partition coefficient (Wildman–Crippen LogP) is 3.49. The molecule has 0 aliphatic carbocycles. The fourth-order valence-corrected chi connectivity index (χ4v) is 3.16. The number of urea groups is 1. The normalized spacial score (nSPS) is 16.6. The highest BCUT2D eigenvalue weighted by Crippen LogP contribution is 2.22. The first-order valence-electron chi connectivity index (χ1n) is 8.97. The van der Waals surface area contributed by atoms with E-state index in [0.29, 0.717) is 30.4 Å². The van der Waals surface area contributed by atoms with Crippen LogP contribution in [0.1, 0.15) is 18.6 Å². The fourth-order valence-electron chi connectivity index (χ4n) is 3.16. The number of amides is 2. The van der Waals surface area contributed by atoms with E-state index < -0.39 is 0 Å². The highest BCUT2D eigenvalue weighted by molar-refractivity contribution is 5.89. The van der Waals surface area contributed by atoms with Gasteiger partial charge in [-0.1, -0.05) is 0 Å². The summed E-state index contributed by atoms with van der Waals surface area (Å²) in [5.41, 5.74) is 0.662. The Morgan fingerprint density at radius 2 is 2.19 bits per heavy atom. The van der Waals surface area contributed by atoms with Crippen molar-refractivity contribution < 1.29 is 18.4 Å². The SMILES string of the molecule is Cn1nc(-c2ccco2)cc1NC(=O)N(Cc1ccco1)C[C@@H]1CCCO1. The third-order valence-corrected chi connectivity index (χ3v) is 4.55. The van der Waals surface area contributed by atoms with Gasteiger partial charge in [-0.15, -0.1) is 0 Å².